The van der Waals surface area contributed by atoms with Gasteiger partial charge in [0.2, 0.25) is 0 Å². The van der Waals surface area contributed by atoms with Gasteiger partial charge in [-0.25, -0.2) is 9.97 Å². The van der Waals surface area contributed by atoms with Gasteiger partial charge in [0.1, 0.15) is 11.3 Å². The van der Waals surface area contributed by atoms with E-state index in [9.17, 15) is 0 Å². The second-order valence-electron chi connectivity index (χ2n) is 4.47. The molecule has 1 fully saturated rings. The molecular formula is C12H16N4. The first-order chi connectivity index (χ1) is 7.88. The van der Waals surface area contributed by atoms with Crippen molar-refractivity contribution in [1.82, 2.24) is 14.5 Å². The minimum Gasteiger partial charge on any atom is -0.330 e. The van der Waals surface area contributed by atoms with Crippen molar-refractivity contribution < 1.29 is 0 Å². The van der Waals surface area contributed by atoms with Gasteiger partial charge in [-0.05, 0) is 37.4 Å². The first kappa shape index (κ1) is 9.78. The number of nitrogens with two attached hydrogens (primary N) is 1. The summed E-state index contributed by atoms with van der Waals surface area (Å²) < 4.78 is 2.25. The Balaban J connectivity index is 2.06. The Morgan fingerprint density at radius 2 is 2.31 bits per heavy atom. The normalized spacial score (nSPS) is 15.8. The summed E-state index contributed by atoms with van der Waals surface area (Å²) in [6, 6.07) is 3.95. The highest BCUT2D eigenvalue weighted by Gasteiger charge is 2.24. The van der Waals surface area contributed by atoms with Gasteiger partial charge >= 0.3 is 0 Å². The van der Waals surface area contributed by atoms with E-state index in [1.54, 1.807) is 0 Å². The zero-order valence-corrected chi connectivity index (χ0v) is 9.26. The Hall–Kier alpha value is -1.42. The summed E-state index contributed by atoms with van der Waals surface area (Å²) in [7, 11) is 0. The lowest BCUT2D eigenvalue weighted by Crippen LogP contribution is -2.11. The molecule has 0 aromatic carbocycles. The van der Waals surface area contributed by atoms with E-state index in [4.69, 9.17) is 5.73 Å². The predicted molar refractivity (Wildman–Crippen MR) is 63.0 cm³/mol. The Morgan fingerprint density at radius 3 is 3.06 bits per heavy atom. The lowest BCUT2D eigenvalue weighted by atomic mass is 10.3. The number of hydrogen-bond donors (Lipinski definition) is 1. The van der Waals surface area contributed by atoms with Crippen LogP contribution in [-0.2, 0) is 13.0 Å². The second-order valence-corrected chi connectivity index (χ2v) is 4.47. The summed E-state index contributed by atoms with van der Waals surface area (Å²) in [6.45, 7) is 1.71. The fourth-order valence-electron chi connectivity index (χ4n) is 2.08. The number of rotatable bonds is 4. The molecule has 3 rings (SSSR count). The van der Waals surface area contributed by atoms with Gasteiger partial charge in [-0.15, -0.1) is 0 Å². The number of fused-ring (bicyclic) bond motifs is 1. The van der Waals surface area contributed by atoms with Crippen LogP contribution in [0.1, 0.15) is 18.7 Å². The van der Waals surface area contributed by atoms with Crippen molar-refractivity contribution in [2.24, 2.45) is 11.7 Å². The van der Waals surface area contributed by atoms with E-state index >= 15 is 0 Å². The molecule has 0 bridgehead atoms. The molecule has 4 nitrogen and oxygen atoms in total. The average Bonchev–Trinajstić information content (AvgIpc) is 3.04. The van der Waals surface area contributed by atoms with Gasteiger partial charge in [0.15, 0.2) is 5.65 Å². The van der Waals surface area contributed by atoms with Crippen molar-refractivity contribution in [1.29, 1.82) is 0 Å². The first-order valence-corrected chi connectivity index (χ1v) is 5.88. The molecule has 2 aromatic heterocycles. The summed E-state index contributed by atoms with van der Waals surface area (Å²) >= 11 is 0. The van der Waals surface area contributed by atoms with Crippen molar-refractivity contribution in [3.05, 3.63) is 24.2 Å². The summed E-state index contributed by atoms with van der Waals surface area (Å²) in [5, 5.41) is 0. The van der Waals surface area contributed by atoms with Crippen LogP contribution in [0.2, 0.25) is 0 Å². The molecule has 0 aliphatic heterocycles. The third-order valence-electron chi connectivity index (χ3n) is 3.09. The third kappa shape index (κ3) is 1.69. The fourth-order valence-corrected chi connectivity index (χ4v) is 2.08. The largest absolute Gasteiger partial charge is 0.330 e. The van der Waals surface area contributed by atoms with Crippen molar-refractivity contribution in [3.63, 3.8) is 0 Å². The SMILES string of the molecule is NCCc1nc2cccnc2n1CC1CC1. The van der Waals surface area contributed by atoms with Gasteiger partial charge in [-0.2, -0.15) is 0 Å². The van der Waals surface area contributed by atoms with Crippen LogP contribution >= 0.6 is 0 Å². The Morgan fingerprint density at radius 1 is 1.44 bits per heavy atom. The van der Waals surface area contributed by atoms with Crippen LogP contribution in [0.15, 0.2) is 18.3 Å². The van der Waals surface area contributed by atoms with Gasteiger partial charge in [-0.1, -0.05) is 0 Å². The van der Waals surface area contributed by atoms with Crippen molar-refractivity contribution in [3.8, 4) is 0 Å². The Kier molecular flexibility index (Phi) is 2.36. The van der Waals surface area contributed by atoms with Gasteiger partial charge in [0.25, 0.3) is 0 Å². The molecule has 0 amide bonds. The van der Waals surface area contributed by atoms with E-state index in [2.05, 4.69) is 14.5 Å². The molecule has 0 radical (unpaired) electrons. The van der Waals surface area contributed by atoms with E-state index in [0.717, 1.165) is 35.9 Å². The topological polar surface area (TPSA) is 56.7 Å². The molecular weight excluding hydrogens is 200 g/mol. The van der Waals surface area contributed by atoms with E-state index in [1.165, 1.54) is 12.8 Å². The van der Waals surface area contributed by atoms with E-state index in [1.807, 2.05) is 18.3 Å². The maximum atomic E-state index is 5.62. The average molecular weight is 216 g/mol. The molecule has 0 unspecified atom stereocenters. The number of hydrogen-bond acceptors (Lipinski definition) is 3. The number of aromatic nitrogens is 3. The van der Waals surface area contributed by atoms with Crippen LogP contribution in [0.3, 0.4) is 0 Å². The molecule has 0 spiro atoms. The molecule has 0 atom stereocenters. The molecule has 84 valence electrons. The van der Waals surface area contributed by atoms with Crippen molar-refractivity contribution in [2.45, 2.75) is 25.8 Å². The molecule has 1 saturated carbocycles. The van der Waals surface area contributed by atoms with Crippen LogP contribution in [-0.4, -0.2) is 21.1 Å². The van der Waals surface area contributed by atoms with Gasteiger partial charge in [-0.3, -0.25) is 0 Å². The molecule has 16 heavy (non-hydrogen) atoms. The highest BCUT2D eigenvalue weighted by molar-refractivity contribution is 5.71. The summed E-state index contributed by atoms with van der Waals surface area (Å²) in [5.41, 5.74) is 7.63. The molecule has 1 aliphatic carbocycles. The number of pyridine rings is 1. The van der Waals surface area contributed by atoms with Crippen molar-refractivity contribution in [2.75, 3.05) is 6.54 Å². The van der Waals surface area contributed by atoms with Crippen molar-refractivity contribution >= 4 is 11.2 Å². The molecule has 4 heteroatoms. The van der Waals surface area contributed by atoms with Gasteiger partial charge in [0, 0.05) is 19.2 Å². The smallest absolute Gasteiger partial charge is 0.159 e. The van der Waals surface area contributed by atoms with Crippen LogP contribution in [0.5, 0.6) is 0 Å². The maximum absolute atomic E-state index is 5.62. The first-order valence-electron chi connectivity index (χ1n) is 5.88. The summed E-state index contributed by atoms with van der Waals surface area (Å²) in [6.07, 6.45) is 5.35. The van der Waals surface area contributed by atoms with Crippen LogP contribution in [0, 0.1) is 5.92 Å². The summed E-state index contributed by atoms with van der Waals surface area (Å²) in [5.74, 6) is 1.92. The second kappa shape index (κ2) is 3.87. The van der Waals surface area contributed by atoms with Crippen LogP contribution < -0.4 is 5.73 Å². The fraction of sp³-hybridized carbons (Fsp3) is 0.500. The zero-order valence-electron chi connectivity index (χ0n) is 9.26. The monoisotopic (exact) mass is 216 g/mol. The predicted octanol–water partition coefficient (Wildman–Crippen LogP) is 1.34. The highest BCUT2D eigenvalue weighted by atomic mass is 15.1. The maximum Gasteiger partial charge on any atom is 0.159 e. The van der Waals surface area contributed by atoms with Gasteiger partial charge in [0.05, 0.1) is 0 Å². The molecule has 0 saturated heterocycles. The molecule has 2 aromatic rings. The molecule has 2 N–H and O–H groups in total. The minimum absolute atomic E-state index is 0.647. The lowest BCUT2D eigenvalue weighted by Gasteiger charge is -2.06. The van der Waals surface area contributed by atoms with E-state index < -0.39 is 0 Å². The van der Waals surface area contributed by atoms with Crippen LogP contribution in [0.4, 0.5) is 0 Å². The standard InChI is InChI=1S/C12H16N4/c13-6-5-11-15-10-2-1-7-14-12(10)16(11)8-9-3-4-9/h1-2,7,9H,3-6,8,13H2. The Labute approximate surface area is 94.5 Å². The molecule has 2 heterocycles. The quantitative estimate of drug-likeness (QED) is 0.839. The minimum atomic E-state index is 0.647. The van der Waals surface area contributed by atoms with E-state index in [-0.39, 0.29) is 0 Å². The zero-order chi connectivity index (χ0) is 11.0. The summed E-state index contributed by atoms with van der Waals surface area (Å²) in [4.78, 5) is 9.03. The Bertz CT molecular complexity index is 499. The lowest BCUT2D eigenvalue weighted by molar-refractivity contribution is 0.605. The van der Waals surface area contributed by atoms with Crippen LogP contribution in [0.25, 0.3) is 11.2 Å². The molecule has 1 aliphatic rings. The third-order valence-corrected chi connectivity index (χ3v) is 3.09. The number of imidazole rings is 1. The number of nitrogens with zero attached hydrogens (tertiary/aromatic N) is 3. The van der Waals surface area contributed by atoms with Gasteiger partial charge < -0.3 is 10.3 Å². The highest BCUT2D eigenvalue weighted by Crippen LogP contribution is 2.32. The van der Waals surface area contributed by atoms with E-state index in [0.29, 0.717) is 6.54 Å².